The molecule has 0 radical (unpaired) electrons. The third kappa shape index (κ3) is 3.07. The largest absolute Gasteiger partial charge is 0.314 e. The zero-order valence-electron chi connectivity index (χ0n) is 14.7. The van der Waals surface area contributed by atoms with Crippen molar-refractivity contribution in [3.05, 3.63) is 53.5 Å². The summed E-state index contributed by atoms with van der Waals surface area (Å²) >= 11 is 0. The smallest absolute Gasteiger partial charge is 0.153 e. The van der Waals surface area contributed by atoms with Gasteiger partial charge in [0.15, 0.2) is 5.82 Å². The minimum Gasteiger partial charge on any atom is -0.314 e. The summed E-state index contributed by atoms with van der Waals surface area (Å²) in [4.78, 5) is 4.38. The van der Waals surface area contributed by atoms with Crippen LogP contribution in [-0.2, 0) is 19.5 Å². The molecule has 7 nitrogen and oxygen atoms in total. The molecule has 1 aliphatic heterocycles. The molecule has 0 fully saturated rings. The van der Waals surface area contributed by atoms with Gasteiger partial charge in [-0.3, -0.25) is 0 Å². The Balaban J connectivity index is 1.48. The highest BCUT2D eigenvalue weighted by Crippen LogP contribution is 2.20. The molecule has 0 aromatic carbocycles. The molecule has 3 aromatic heterocycles. The molecule has 0 bridgehead atoms. The summed E-state index contributed by atoms with van der Waals surface area (Å²) in [6, 6.07) is 6.02. The molecule has 0 unspecified atom stereocenters. The van der Waals surface area contributed by atoms with Gasteiger partial charge in [0.25, 0.3) is 0 Å². The van der Waals surface area contributed by atoms with E-state index in [4.69, 9.17) is 0 Å². The van der Waals surface area contributed by atoms with E-state index in [-0.39, 0.29) is 6.04 Å². The molecule has 130 valence electrons. The van der Waals surface area contributed by atoms with Gasteiger partial charge in [-0.25, -0.2) is 9.67 Å². The summed E-state index contributed by atoms with van der Waals surface area (Å²) in [6.45, 7) is 5.97. The van der Waals surface area contributed by atoms with Crippen LogP contribution in [0.25, 0.3) is 5.82 Å². The molecular formula is C18H23N7. The molecule has 3 aromatic rings. The summed E-state index contributed by atoms with van der Waals surface area (Å²) in [6.07, 6.45) is 7.17. The fraction of sp³-hybridized carbons (Fsp3) is 0.444. The summed E-state index contributed by atoms with van der Waals surface area (Å²) < 4.78 is 4.14. The monoisotopic (exact) mass is 337 g/mol. The number of pyridine rings is 1. The highest BCUT2D eigenvalue weighted by atomic mass is 15.3. The van der Waals surface area contributed by atoms with Gasteiger partial charge >= 0.3 is 0 Å². The fourth-order valence-corrected chi connectivity index (χ4v) is 3.41. The Morgan fingerprint density at radius 2 is 2.16 bits per heavy atom. The number of hydrogen-bond donors (Lipinski definition) is 1. The highest BCUT2D eigenvalue weighted by Gasteiger charge is 2.18. The second kappa shape index (κ2) is 6.76. The molecule has 1 aliphatic rings. The third-order valence-corrected chi connectivity index (χ3v) is 4.88. The lowest BCUT2D eigenvalue weighted by Gasteiger charge is -2.17. The van der Waals surface area contributed by atoms with Crippen LogP contribution in [0.3, 0.4) is 0 Å². The Kier molecular flexibility index (Phi) is 4.31. The van der Waals surface area contributed by atoms with Gasteiger partial charge in [0.2, 0.25) is 0 Å². The van der Waals surface area contributed by atoms with E-state index in [1.54, 1.807) is 6.20 Å². The molecule has 0 saturated heterocycles. The van der Waals surface area contributed by atoms with E-state index in [9.17, 15) is 0 Å². The maximum absolute atomic E-state index is 4.50. The van der Waals surface area contributed by atoms with Crippen molar-refractivity contribution < 1.29 is 0 Å². The van der Waals surface area contributed by atoms with Crippen molar-refractivity contribution in [2.45, 2.75) is 52.2 Å². The van der Waals surface area contributed by atoms with E-state index in [0.29, 0.717) is 6.54 Å². The molecule has 7 heteroatoms. The number of hydrogen-bond acceptors (Lipinski definition) is 5. The van der Waals surface area contributed by atoms with Crippen molar-refractivity contribution in [1.29, 1.82) is 0 Å². The Hall–Kier alpha value is -2.54. The fourth-order valence-electron chi connectivity index (χ4n) is 3.41. The van der Waals surface area contributed by atoms with Crippen LogP contribution < -0.4 is 5.32 Å². The lowest BCUT2D eigenvalue weighted by molar-refractivity contribution is 0.483. The zero-order chi connectivity index (χ0) is 17.2. The van der Waals surface area contributed by atoms with Crippen molar-refractivity contribution in [3.8, 4) is 5.82 Å². The van der Waals surface area contributed by atoms with Crippen molar-refractivity contribution >= 4 is 0 Å². The minimum absolute atomic E-state index is 0.175. The first-order chi connectivity index (χ1) is 12.2. The van der Waals surface area contributed by atoms with Gasteiger partial charge in [-0.15, -0.1) is 10.2 Å². The molecule has 0 saturated carbocycles. The van der Waals surface area contributed by atoms with E-state index in [1.165, 1.54) is 18.4 Å². The van der Waals surface area contributed by atoms with Crippen LogP contribution >= 0.6 is 0 Å². The van der Waals surface area contributed by atoms with Crippen molar-refractivity contribution in [1.82, 2.24) is 34.8 Å². The number of aromatic nitrogens is 6. The Morgan fingerprint density at radius 3 is 3.00 bits per heavy atom. The van der Waals surface area contributed by atoms with E-state index < -0.39 is 0 Å². The summed E-state index contributed by atoms with van der Waals surface area (Å²) in [5.41, 5.74) is 2.27. The summed E-state index contributed by atoms with van der Waals surface area (Å²) in [5.74, 6) is 2.98. The van der Waals surface area contributed by atoms with Gasteiger partial charge in [-0.1, -0.05) is 6.07 Å². The predicted octanol–water partition coefficient (Wildman–Crippen LogP) is 2.35. The lowest BCUT2D eigenvalue weighted by atomic mass is 10.1. The maximum Gasteiger partial charge on any atom is 0.153 e. The van der Waals surface area contributed by atoms with Gasteiger partial charge in [-0.2, -0.15) is 5.10 Å². The van der Waals surface area contributed by atoms with Crippen LogP contribution in [0, 0.1) is 6.92 Å². The summed E-state index contributed by atoms with van der Waals surface area (Å²) in [5, 5.41) is 16.7. The van der Waals surface area contributed by atoms with Crippen LogP contribution in [0.1, 0.15) is 48.7 Å². The first-order valence-electron chi connectivity index (χ1n) is 8.84. The molecule has 25 heavy (non-hydrogen) atoms. The van der Waals surface area contributed by atoms with E-state index in [2.05, 4.69) is 44.0 Å². The van der Waals surface area contributed by atoms with Crippen molar-refractivity contribution in [3.63, 3.8) is 0 Å². The van der Waals surface area contributed by atoms with Crippen LogP contribution in [-0.4, -0.2) is 29.5 Å². The van der Waals surface area contributed by atoms with Gasteiger partial charge in [-0.05, 0) is 38.8 Å². The Bertz CT molecular complexity index is 850. The lowest BCUT2D eigenvalue weighted by Crippen LogP contribution is -2.22. The quantitative estimate of drug-likeness (QED) is 0.774. The number of rotatable bonds is 5. The standard InChI is InChI=1S/C18H23N7/c1-13(20-12-18-23-22-17-8-4-6-10-24(17)18)15-11-21-25(14(15)2)16-7-3-5-9-19-16/h3,5,7,9,11,13,20H,4,6,8,10,12H2,1-2H3/t13-/m0/s1. The molecular weight excluding hydrogens is 314 g/mol. The number of nitrogens with zero attached hydrogens (tertiary/aromatic N) is 6. The maximum atomic E-state index is 4.50. The first kappa shape index (κ1) is 16.0. The highest BCUT2D eigenvalue weighted by molar-refractivity contribution is 5.29. The number of nitrogens with one attached hydrogen (secondary N) is 1. The van der Waals surface area contributed by atoms with E-state index in [0.717, 1.165) is 36.1 Å². The van der Waals surface area contributed by atoms with Crippen molar-refractivity contribution in [2.75, 3.05) is 0 Å². The summed E-state index contributed by atoms with van der Waals surface area (Å²) in [7, 11) is 0. The molecule has 4 rings (SSSR count). The zero-order valence-corrected chi connectivity index (χ0v) is 14.7. The average Bonchev–Trinajstić information content (AvgIpc) is 3.24. The van der Waals surface area contributed by atoms with Crippen molar-refractivity contribution in [2.24, 2.45) is 0 Å². The van der Waals surface area contributed by atoms with Gasteiger partial charge < -0.3 is 9.88 Å². The van der Waals surface area contributed by atoms with Gasteiger partial charge in [0, 0.05) is 36.5 Å². The topological polar surface area (TPSA) is 73.5 Å². The van der Waals surface area contributed by atoms with Gasteiger partial charge in [0.05, 0.1) is 12.7 Å². The molecule has 0 amide bonds. The van der Waals surface area contributed by atoms with Crippen LogP contribution in [0.5, 0.6) is 0 Å². The molecule has 1 N–H and O–H groups in total. The predicted molar refractivity (Wildman–Crippen MR) is 94.3 cm³/mol. The van der Waals surface area contributed by atoms with Gasteiger partial charge in [0.1, 0.15) is 11.6 Å². The minimum atomic E-state index is 0.175. The SMILES string of the molecule is Cc1c([C@H](C)NCc2nnc3n2CCCC3)cnn1-c1ccccn1. The number of aryl methyl sites for hydroxylation is 1. The third-order valence-electron chi connectivity index (χ3n) is 4.88. The molecule has 4 heterocycles. The molecule has 1 atom stereocenters. The Labute approximate surface area is 147 Å². The second-order valence-corrected chi connectivity index (χ2v) is 6.53. The molecule has 0 aliphatic carbocycles. The second-order valence-electron chi connectivity index (χ2n) is 6.53. The first-order valence-corrected chi connectivity index (χ1v) is 8.84. The molecule has 0 spiro atoms. The number of fused-ring (bicyclic) bond motifs is 1. The normalized spacial score (nSPS) is 15.1. The van der Waals surface area contributed by atoms with Crippen LogP contribution in [0.4, 0.5) is 0 Å². The van der Waals surface area contributed by atoms with Crippen LogP contribution in [0.2, 0.25) is 0 Å². The van der Waals surface area contributed by atoms with Crippen LogP contribution in [0.15, 0.2) is 30.6 Å². The van der Waals surface area contributed by atoms with E-state index >= 15 is 0 Å². The Morgan fingerprint density at radius 1 is 1.24 bits per heavy atom. The van der Waals surface area contributed by atoms with E-state index in [1.807, 2.05) is 29.1 Å². The average molecular weight is 337 g/mol.